The molecule has 0 spiro atoms. The van der Waals surface area contributed by atoms with Gasteiger partial charge in [-0.3, -0.25) is 0 Å². The summed E-state index contributed by atoms with van der Waals surface area (Å²) in [6.45, 7) is 2.64. The highest BCUT2D eigenvalue weighted by Gasteiger charge is 2.24. The summed E-state index contributed by atoms with van der Waals surface area (Å²) in [6.07, 6.45) is 3.02. The fourth-order valence-corrected chi connectivity index (χ4v) is 3.09. The number of H-pyrrole nitrogens is 1. The Kier molecular flexibility index (Phi) is 5.06. The minimum absolute atomic E-state index is 0.0823. The van der Waals surface area contributed by atoms with Gasteiger partial charge in [-0.25, -0.2) is 4.79 Å². The number of aromatic nitrogens is 1. The Morgan fingerprint density at radius 1 is 1.42 bits per heavy atom. The first-order chi connectivity index (χ1) is 11.5. The molecule has 0 radical (unpaired) electrons. The van der Waals surface area contributed by atoms with E-state index < -0.39 is 6.16 Å². The van der Waals surface area contributed by atoms with E-state index in [0.29, 0.717) is 5.75 Å². The molecule has 1 fully saturated rings. The summed E-state index contributed by atoms with van der Waals surface area (Å²) in [5, 5.41) is 0.958. The maximum Gasteiger partial charge on any atom is 0.514 e. The summed E-state index contributed by atoms with van der Waals surface area (Å²) in [7, 11) is 6.11. The predicted molar refractivity (Wildman–Crippen MR) is 93.6 cm³/mol. The van der Waals surface area contributed by atoms with Crippen molar-refractivity contribution in [1.29, 1.82) is 0 Å². The summed E-state index contributed by atoms with van der Waals surface area (Å²) < 4.78 is 10.9. The van der Waals surface area contributed by atoms with Gasteiger partial charge in [0.1, 0.15) is 11.9 Å². The van der Waals surface area contributed by atoms with Crippen LogP contribution in [-0.2, 0) is 11.2 Å². The average molecular weight is 331 g/mol. The molecule has 2 aromatic rings. The summed E-state index contributed by atoms with van der Waals surface area (Å²) >= 11 is 0. The maximum absolute atomic E-state index is 12.1. The van der Waals surface area contributed by atoms with Crippen molar-refractivity contribution >= 4 is 17.1 Å². The molecule has 0 bridgehead atoms. The summed E-state index contributed by atoms with van der Waals surface area (Å²) in [5.41, 5.74) is 2.11. The molecule has 130 valence electrons. The molecular formula is C18H25N3O3. The van der Waals surface area contributed by atoms with Crippen molar-refractivity contribution in [3.05, 3.63) is 30.0 Å². The normalized spacial score (nSPS) is 18.4. The minimum atomic E-state index is -0.623. The Hall–Kier alpha value is -2.05. The van der Waals surface area contributed by atoms with E-state index >= 15 is 0 Å². The molecule has 1 atom stereocenters. The van der Waals surface area contributed by atoms with Crippen molar-refractivity contribution < 1.29 is 14.3 Å². The second kappa shape index (κ2) is 7.23. The Morgan fingerprint density at radius 3 is 2.96 bits per heavy atom. The number of likely N-dealkylation sites (tertiary alicyclic amines) is 1. The van der Waals surface area contributed by atoms with Gasteiger partial charge in [-0.15, -0.1) is 0 Å². The number of likely N-dealkylation sites (N-methyl/N-ethyl adjacent to an activating group) is 2. The van der Waals surface area contributed by atoms with Crippen LogP contribution in [-0.4, -0.2) is 67.8 Å². The van der Waals surface area contributed by atoms with Crippen molar-refractivity contribution in [2.75, 3.05) is 40.8 Å². The average Bonchev–Trinajstić information content (AvgIpc) is 3.12. The number of hydrogen-bond acceptors (Lipinski definition) is 5. The van der Waals surface area contributed by atoms with Crippen LogP contribution in [0.15, 0.2) is 24.4 Å². The van der Waals surface area contributed by atoms with E-state index in [1.165, 1.54) is 0 Å². The number of carbonyl (C=O) groups is 1. The SMILES string of the molecule is CN(C)CCc1c[nH]c2cccc(OC(=O)OC3CCN(C)C3)c12. The molecule has 0 amide bonds. The standard InChI is InChI=1S/C18H25N3O3/c1-20(2)9-7-13-11-19-15-5-4-6-16(17(13)15)24-18(22)23-14-8-10-21(3)12-14/h4-6,11,14,19H,7-10,12H2,1-3H3. The topological polar surface area (TPSA) is 57.8 Å². The lowest BCUT2D eigenvalue weighted by Gasteiger charge is -2.13. The summed E-state index contributed by atoms with van der Waals surface area (Å²) in [5.74, 6) is 0.554. The quantitative estimate of drug-likeness (QED) is 0.674. The van der Waals surface area contributed by atoms with Crippen LogP contribution in [0.4, 0.5) is 4.79 Å². The Bertz CT molecular complexity index is 711. The number of carbonyl (C=O) groups excluding carboxylic acids is 1. The van der Waals surface area contributed by atoms with Crippen LogP contribution in [0.25, 0.3) is 10.9 Å². The fraction of sp³-hybridized carbons (Fsp3) is 0.500. The largest absolute Gasteiger partial charge is 0.514 e. The molecule has 3 rings (SSSR count). The lowest BCUT2D eigenvalue weighted by atomic mass is 10.1. The van der Waals surface area contributed by atoms with Gasteiger partial charge in [-0.05, 0) is 51.7 Å². The number of hydrogen-bond donors (Lipinski definition) is 1. The van der Waals surface area contributed by atoms with Crippen molar-refractivity contribution in [3.8, 4) is 5.75 Å². The number of benzene rings is 1. The zero-order valence-corrected chi connectivity index (χ0v) is 14.5. The third-order valence-electron chi connectivity index (χ3n) is 4.38. The third kappa shape index (κ3) is 3.88. The molecule has 1 unspecified atom stereocenters. The smallest absolute Gasteiger partial charge is 0.429 e. The van der Waals surface area contributed by atoms with Crippen molar-refractivity contribution in [3.63, 3.8) is 0 Å². The summed E-state index contributed by atoms with van der Waals surface area (Å²) in [6, 6.07) is 5.68. The van der Waals surface area contributed by atoms with Gasteiger partial charge in [-0.1, -0.05) is 6.07 Å². The molecule has 24 heavy (non-hydrogen) atoms. The molecule has 1 aromatic heterocycles. The number of rotatable bonds is 5. The van der Waals surface area contributed by atoms with Gasteiger partial charge in [-0.2, -0.15) is 0 Å². The Labute approximate surface area is 142 Å². The van der Waals surface area contributed by atoms with E-state index in [9.17, 15) is 4.79 Å². The molecule has 1 saturated heterocycles. The van der Waals surface area contributed by atoms with Gasteiger partial charge >= 0.3 is 6.16 Å². The first-order valence-electron chi connectivity index (χ1n) is 8.33. The first-order valence-corrected chi connectivity index (χ1v) is 8.33. The van der Waals surface area contributed by atoms with E-state index in [1.54, 1.807) is 0 Å². The maximum atomic E-state index is 12.1. The highest BCUT2D eigenvalue weighted by molar-refractivity contribution is 5.90. The van der Waals surface area contributed by atoms with Crippen LogP contribution in [0.3, 0.4) is 0 Å². The number of ether oxygens (including phenoxy) is 2. The number of nitrogens with zero attached hydrogens (tertiary/aromatic N) is 2. The molecule has 6 heteroatoms. The van der Waals surface area contributed by atoms with Gasteiger partial charge < -0.3 is 24.3 Å². The lowest BCUT2D eigenvalue weighted by molar-refractivity contribution is 0.0631. The first kappa shape index (κ1) is 16.8. The van der Waals surface area contributed by atoms with Crippen LogP contribution in [0.2, 0.25) is 0 Å². The van der Waals surface area contributed by atoms with Gasteiger partial charge in [0.05, 0.1) is 0 Å². The minimum Gasteiger partial charge on any atom is -0.429 e. The number of aromatic amines is 1. The molecule has 1 N–H and O–H groups in total. The van der Waals surface area contributed by atoms with Crippen molar-refractivity contribution in [2.24, 2.45) is 0 Å². The van der Waals surface area contributed by atoms with Crippen LogP contribution in [0.5, 0.6) is 5.75 Å². The molecule has 2 heterocycles. The van der Waals surface area contributed by atoms with Crippen LogP contribution in [0.1, 0.15) is 12.0 Å². The number of fused-ring (bicyclic) bond motifs is 1. The van der Waals surface area contributed by atoms with Crippen LogP contribution >= 0.6 is 0 Å². The monoisotopic (exact) mass is 331 g/mol. The Morgan fingerprint density at radius 2 is 2.25 bits per heavy atom. The lowest BCUT2D eigenvalue weighted by Crippen LogP contribution is -2.24. The summed E-state index contributed by atoms with van der Waals surface area (Å²) in [4.78, 5) is 19.7. The van der Waals surface area contributed by atoms with E-state index in [-0.39, 0.29) is 6.10 Å². The second-order valence-electron chi connectivity index (χ2n) is 6.69. The van der Waals surface area contributed by atoms with Gasteiger partial charge in [0, 0.05) is 36.7 Å². The van der Waals surface area contributed by atoms with E-state index in [1.807, 2.05) is 45.5 Å². The molecule has 1 aliphatic rings. The molecule has 1 aliphatic heterocycles. The zero-order valence-electron chi connectivity index (χ0n) is 14.5. The van der Waals surface area contributed by atoms with E-state index in [4.69, 9.17) is 9.47 Å². The highest BCUT2D eigenvalue weighted by atomic mass is 16.7. The molecule has 6 nitrogen and oxygen atoms in total. The molecule has 0 aliphatic carbocycles. The van der Waals surface area contributed by atoms with E-state index in [0.717, 1.165) is 48.9 Å². The van der Waals surface area contributed by atoms with Crippen molar-refractivity contribution in [2.45, 2.75) is 18.9 Å². The zero-order chi connectivity index (χ0) is 17.1. The van der Waals surface area contributed by atoms with Gasteiger partial charge in [0.15, 0.2) is 0 Å². The molecular weight excluding hydrogens is 306 g/mol. The van der Waals surface area contributed by atoms with Gasteiger partial charge in [0.25, 0.3) is 0 Å². The Balaban J connectivity index is 1.73. The van der Waals surface area contributed by atoms with E-state index in [2.05, 4.69) is 14.8 Å². The molecule has 1 aromatic carbocycles. The highest BCUT2D eigenvalue weighted by Crippen LogP contribution is 2.29. The number of nitrogens with one attached hydrogen (secondary N) is 1. The van der Waals surface area contributed by atoms with Crippen LogP contribution in [0, 0.1) is 0 Å². The fourth-order valence-electron chi connectivity index (χ4n) is 3.09. The predicted octanol–water partition coefficient (Wildman–Crippen LogP) is 2.49. The van der Waals surface area contributed by atoms with Gasteiger partial charge in [0.2, 0.25) is 0 Å². The third-order valence-corrected chi connectivity index (χ3v) is 4.38. The second-order valence-corrected chi connectivity index (χ2v) is 6.69. The van der Waals surface area contributed by atoms with Crippen LogP contribution < -0.4 is 4.74 Å². The van der Waals surface area contributed by atoms with Crippen molar-refractivity contribution in [1.82, 2.24) is 14.8 Å². The molecule has 0 saturated carbocycles.